The van der Waals surface area contributed by atoms with Crippen LogP contribution in [0.5, 0.6) is 5.75 Å². The molecule has 0 radical (unpaired) electrons. The zero-order valence-corrected chi connectivity index (χ0v) is 12.8. The number of alkyl halides is 3. The third-order valence-corrected chi connectivity index (χ3v) is 3.12. The van der Waals surface area contributed by atoms with Gasteiger partial charge in [0.25, 0.3) is 0 Å². The van der Waals surface area contributed by atoms with Crippen molar-refractivity contribution in [3.8, 4) is 17.1 Å². The molecule has 0 spiro atoms. The van der Waals surface area contributed by atoms with Crippen molar-refractivity contribution < 1.29 is 22.3 Å². The van der Waals surface area contributed by atoms with E-state index in [0.717, 1.165) is 0 Å². The van der Waals surface area contributed by atoms with E-state index in [-0.39, 0.29) is 19.0 Å². The molecular formula is C15H16F4N4O. The van der Waals surface area contributed by atoms with Gasteiger partial charge in [0, 0.05) is 24.7 Å². The summed E-state index contributed by atoms with van der Waals surface area (Å²) in [5, 5.41) is 3.77. The molecule has 5 nitrogen and oxygen atoms in total. The van der Waals surface area contributed by atoms with E-state index >= 15 is 0 Å². The number of hydrogen-bond donors (Lipinski definition) is 1. The van der Waals surface area contributed by atoms with Crippen molar-refractivity contribution in [3.63, 3.8) is 0 Å². The Bertz CT molecular complexity index is 707. The summed E-state index contributed by atoms with van der Waals surface area (Å²) in [5.41, 5.74) is 6.22. The minimum atomic E-state index is -4.36. The van der Waals surface area contributed by atoms with Crippen LogP contribution in [0.25, 0.3) is 11.4 Å². The van der Waals surface area contributed by atoms with Gasteiger partial charge in [0.05, 0.1) is 6.33 Å². The van der Waals surface area contributed by atoms with Gasteiger partial charge in [0.2, 0.25) is 0 Å². The average molecular weight is 344 g/mol. The SMILES string of the molecule is Cn1nc(CC(F)(F)F)nc1-c1ccc(OC/C(=C/F)CN)cc1. The molecule has 2 N–H and O–H groups in total. The number of hydrogen-bond acceptors (Lipinski definition) is 4. The highest BCUT2D eigenvalue weighted by Crippen LogP contribution is 2.24. The van der Waals surface area contributed by atoms with Gasteiger partial charge >= 0.3 is 6.18 Å². The molecule has 0 saturated carbocycles. The van der Waals surface area contributed by atoms with Gasteiger partial charge in [-0.05, 0) is 24.3 Å². The van der Waals surface area contributed by atoms with Crippen LogP contribution in [0.2, 0.25) is 0 Å². The van der Waals surface area contributed by atoms with Gasteiger partial charge in [-0.15, -0.1) is 0 Å². The summed E-state index contributed by atoms with van der Waals surface area (Å²) in [7, 11) is 1.52. The maximum absolute atomic E-state index is 12.4. The Hall–Kier alpha value is -2.42. The Morgan fingerprint density at radius 1 is 1.29 bits per heavy atom. The summed E-state index contributed by atoms with van der Waals surface area (Å²) >= 11 is 0. The van der Waals surface area contributed by atoms with E-state index in [4.69, 9.17) is 10.5 Å². The number of nitrogens with two attached hydrogens (primary N) is 1. The van der Waals surface area contributed by atoms with Crippen LogP contribution in [-0.4, -0.2) is 34.1 Å². The van der Waals surface area contributed by atoms with Crippen LogP contribution in [0.1, 0.15) is 5.82 Å². The Kier molecular flexibility index (Phi) is 5.55. The molecule has 0 fully saturated rings. The van der Waals surface area contributed by atoms with Crippen molar-refractivity contribution in [2.24, 2.45) is 12.8 Å². The molecule has 0 aliphatic carbocycles. The van der Waals surface area contributed by atoms with E-state index in [1.165, 1.54) is 11.7 Å². The molecule has 0 atom stereocenters. The Morgan fingerprint density at radius 2 is 1.96 bits per heavy atom. The third kappa shape index (κ3) is 4.79. The first-order valence-electron chi connectivity index (χ1n) is 7.00. The first-order valence-corrected chi connectivity index (χ1v) is 7.00. The van der Waals surface area contributed by atoms with Gasteiger partial charge in [0.1, 0.15) is 18.8 Å². The topological polar surface area (TPSA) is 66.0 Å². The van der Waals surface area contributed by atoms with E-state index in [0.29, 0.717) is 29.0 Å². The van der Waals surface area contributed by atoms with Gasteiger partial charge in [-0.3, -0.25) is 0 Å². The van der Waals surface area contributed by atoms with Gasteiger partial charge < -0.3 is 10.5 Å². The van der Waals surface area contributed by atoms with E-state index in [1.54, 1.807) is 24.3 Å². The molecule has 1 heterocycles. The summed E-state index contributed by atoms with van der Waals surface area (Å²) in [5.74, 6) is 0.498. The second-order valence-electron chi connectivity index (χ2n) is 5.05. The molecule has 9 heteroatoms. The van der Waals surface area contributed by atoms with Crippen LogP contribution in [0.15, 0.2) is 36.2 Å². The number of nitrogens with zero attached hydrogens (tertiary/aromatic N) is 3. The second-order valence-corrected chi connectivity index (χ2v) is 5.05. The number of rotatable bonds is 6. The Labute approximate surface area is 135 Å². The Balaban J connectivity index is 2.10. The summed E-state index contributed by atoms with van der Waals surface area (Å²) in [6.07, 6.45) is -5.14. The number of benzene rings is 1. The van der Waals surface area contributed by atoms with E-state index in [9.17, 15) is 17.6 Å². The first-order chi connectivity index (χ1) is 11.3. The predicted molar refractivity (Wildman–Crippen MR) is 79.9 cm³/mol. The van der Waals surface area contributed by atoms with Crippen LogP contribution < -0.4 is 10.5 Å². The lowest BCUT2D eigenvalue weighted by Gasteiger charge is -2.08. The first kappa shape index (κ1) is 17.9. The molecule has 1 aromatic heterocycles. The summed E-state index contributed by atoms with van der Waals surface area (Å²) in [6.45, 7) is 0.0710. The molecular weight excluding hydrogens is 328 g/mol. The van der Waals surface area contributed by atoms with Crippen molar-refractivity contribution in [2.75, 3.05) is 13.2 Å². The number of aromatic nitrogens is 3. The van der Waals surface area contributed by atoms with Crippen LogP contribution in [-0.2, 0) is 13.5 Å². The van der Waals surface area contributed by atoms with E-state index < -0.39 is 12.6 Å². The smallest absolute Gasteiger partial charge is 0.396 e. The van der Waals surface area contributed by atoms with Crippen molar-refractivity contribution in [2.45, 2.75) is 12.6 Å². The molecule has 0 bridgehead atoms. The molecule has 0 aliphatic heterocycles. The molecule has 0 aliphatic rings. The molecule has 24 heavy (non-hydrogen) atoms. The number of ether oxygens (including phenoxy) is 1. The van der Waals surface area contributed by atoms with Crippen LogP contribution >= 0.6 is 0 Å². The van der Waals surface area contributed by atoms with Gasteiger partial charge in [-0.1, -0.05) is 0 Å². The van der Waals surface area contributed by atoms with Gasteiger partial charge in [-0.25, -0.2) is 14.1 Å². The fourth-order valence-corrected chi connectivity index (χ4v) is 1.95. The predicted octanol–water partition coefficient (Wildman–Crippen LogP) is 2.78. The molecule has 1 aromatic carbocycles. The molecule has 130 valence electrons. The standard InChI is InChI=1S/C15H16F4N4O/c1-23-14(21-13(22-23)6-15(17,18)19)11-2-4-12(5-3-11)24-9-10(7-16)8-20/h2-5,7H,6,8-9,20H2,1H3/b10-7+. The highest BCUT2D eigenvalue weighted by molar-refractivity contribution is 5.56. The van der Waals surface area contributed by atoms with Crippen molar-refractivity contribution in [3.05, 3.63) is 42.0 Å². The largest absolute Gasteiger partial charge is 0.489 e. The van der Waals surface area contributed by atoms with E-state index in [1.807, 2.05) is 0 Å². The highest BCUT2D eigenvalue weighted by Gasteiger charge is 2.30. The molecule has 2 rings (SSSR count). The fourth-order valence-electron chi connectivity index (χ4n) is 1.95. The zero-order valence-electron chi connectivity index (χ0n) is 12.8. The fraction of sp³-hybridized carbons (Fsp3) is 0.333. The lowest BCUT2D eigenvalue weighted by Crippen LogP contribution is -2.12. The van der Waals surface area contributed by atoms with Gasteiger partial charge in [-0.2, -0.15) is 18.3 Å². The summed E-state index contributed by atoms with van der Waals surface area (Å²) in [6, 6.07) is 6.50. The zero-order chi connectivity index (χ0) is 17.7. The normalized spacial score (nSPS) is 12.5. The van der Waals surface area contributed by atoms with Gasteiger partial charge in [0.15, 0.2) is 11.6 Å². The monoisotopic (exact) mass is 344 g/mol. The summed E-state index contributed by atoms with van der Waals surface area (Å²) < 4.78 is 56.2. The lowest BCUT2D eigenvalue weighted by atomic mass is 10.2. The molecule has 0 amide bonds. The molecule has 2 aromatic rings. The van der Waals surface area contributed by atoms with Crippen LogP contribution in [0.3, 0.4) is 0 Å². The average Bonchev–Trinajstić information content (AvgIpc) is 2.87. The van der Waals surface area contributed by atoms with Crippen molar-refractivity contribution in [1.29, 1.82) is 0 Å². The quantitative estimate of drug-likeness (QED) is 0.819. The number of aryl methyl sites for hydroxylation is 1. The van der Waals surface area contributed by atoms with Crippen molar-refractivity contribution >= 4 is 0 Å². The van der Waals surface area contributed by atoms with E-state index in [2.05, 4.69) is 10.1 Å². The van der Waals surface area contributed by atoms with Crippen LogP contribution in [0, 0.1) is 0 Å². The minimum Gasteiger partial charge on any atom is -0.489 e. The molecule has 0 unspecified atom stereocenters. The second kappa shape index (κ2) is 7.43. The third-order valence-electron chi connectivity index (χ3n) is 3.12. The highest BCUT2D eigenvalue weighted by atomic mass is 19.4. The van der Waals surface area contributed by atoms with Crippen molar-refractivity contribution in [1.82, 2.24) is 14.8 Å². The Morgan fingerprint density at radius 3 is 2.50 bits per heavy atom. The maximum Gasteiger partial charge on any atom is 0.396 e. The van der Waals surface area contributed by atoms with Crippen LogP contribution in [0.4, 0.5) is 17.6 Å². The molecule has 0 saturated heterocycles. The number of halogens is 4. The summed E-state index contributed by atoms with van der Waals surface area (Å²) in [4.78, 5) is 3.91. The lowest BCUT2D eigenvalue weighted by molar-refractivity contribution is -0.128. The minimum absolute atomic E-state index is 0.0199. The maximum atomic E-state index is 12.4.